The Kier molecular flexibility index (Phi) is 8.21. The average molecular weight is 498 g/mol. The predicted octanol–water partition coefficient (Wildman–Crippen LogP) is 3.83. The monoisotopic (exact) mass is 496 g/mol. The second-order valence-corrected chi connectivity index (χ2v) is 8.39. The number of carbonyl (C=O) groups excluding carboxylic acids is 2. The van der Waals surface area contributed by atoms with E-state index in [0.717, 1.165) is 26.2 Å². The van der Waals surface area contributed by atoms with Crippen LogP contribution in [0.25, 0.3) is 0 Å². The van der Waals surface area contributed by atoms with E-state index in [1.54, 1.807) is 18.2 Å². The molecule has 0 aromatic heterocycles. The molecule has 1 aliphatic rings. The molecule has 30 heavy (non-hydrogen) atoms. The predicted molar refractivity (Wildman–Crippen MR) is 120 cm³/mol. The fraction of sp³-hybridized carbons (Fsp3) is 0.333. The van der Waals surface area contributed by atoms with Gasteiger partial charge in [-0.25, -0.2) is 4.39 Å². The van der Waals surface area contributed by atoms with Crippen molar-refractivity contribution < 1.29 is 14.0 Å². The van der Waals surface area contributed by atoms with Crippen LogP contribution in [0.4, 0.5) is 15.8 Å². The van der Waals surface area contributed by atoms with E-state index in [1.165, 1.54) is 12.1 Å². The number of para-hydroxylation sites is 1. The molecule has 0 radical (unpaired) electrons. The van der Waals surface area contributed by atoms with E-state index in [0.29, 0.717) is 28.3 Å². The van der Waals surface area contributed by atoms with Crippen molar-refractivity contribution in [3.05, 3.63) is 57.8 Å². The minimum absolute atomic E-state index is 0.104. The summed E-state index contributed by atoms with van der Waals surface area (Å²) in [6.45, 7) is 3.88. The summed E-state index contributed by atoms with van der Waals surface area (Å²) in [5, 5.41) is 5.94. The van der Waals surface area contributed by atoms with Crippen molar-refractivity contribution in [3.63, 3.8) is 0 Å². The molecule has 0 atom stereocenters. The average Bonchev–Trinajstić information content (AvgIpc) is 2.71. The van der Waals surface area contributed by atoms with Gasteiger partial charge in [-0.2, -0.15) is 0 Å². The van der Waals surface area contributed by atoms with Gasteiger partial charge in [-0.3, -0.25) is 14.5 Å². The Morgan fingerprint density at radius 2 is 1.63 bits per heavy atom. The number of piperazine rings is 1. The highest BCUT2D eigenvalue weighted by molar-refractivity contribution is 9.10. The number of nitrogens with zero attached hydrogens (tertiary/aromatic N) is 2. The maximum atomic E-state index is 13.8. The second kappa shape index (κ2) is 10.9. The molecule has 1 fully saturated rings. The number of carbonyl (C=O) groups is 2. The van der Waals surface area contributed by atoms with Gasteiger partial charge in [-0.1, -0.05) is 39.7 Å². The molecule has 2 N–H and O–H groups in total. The van der Waals surface area contributed by atoms with E-state index in [2.05, 4.69) is 36.4 Å². The molecule has 0 aliphatic carbocycles. The lowest BCUT2D eigenvalue weighted by atomic mass is 10.2. The zero-order chi connectivity index (χ0) is 21.5. The molecule has 160 valence electrons. The molecule has 1 heterocycles. The van der Waals surface area contributed by atoms with Gasteiger partial charge in [0.15, 0.2) is 0 Å². The third-order valence-electron chi connectivity index (χ3n) is 4.84. The number of anilines is 2. The zero-order valence-corrected chi connectivity index (χ0v) is 18.7. The largest absolute Gasteiger partial charge is 0.324 e. The highest BCUT2D eigenvalue weighted by Gasteiger charge is 2.20. The molecule has 2 aromatic carbocycles. The van der Waals surface area contributed by atoms with Gasteiger partial charge in [-0.05, 0) is 30.3 Å². The lowest BCUT2D eigenvalue weighted by Crippen LogP contribution is -2.49. The lowest BCUT2D eigenvalue weighted by molar-refractivity contribution is -0.117. The maximum Gasteiger partial charge on any atom is 0.238 e. The first kappa shape index (κ1) is 22.7. The lowest BCUT2D eigenvalue weighted by Gasteiger charge is -2.34. The molecule has 3 rings (SSSR count). The molecule has 9 heteroatoms. The zero-order valence-electron chi connectivity index (χ0n) is 16.3. The quantitative estimate of drug-likeness (QED) is 0.610. The summed E-state index contributed by atoms with van der Waals surface area (Å²) in [4.78, 5) is 28.6. The Hall–Kier alpha value is -2.00. The Morgan fingerprint density at radius 1 is 0.967 bits per heavy atom. The normalized spacial score (nSPS) is 15.0. The standard InChI is InChI=1S/C21H23BrClFN4O2/c22-15-5-6-19(17(24)13-15)26-20(29)7-8-27-9-11-28(12-10-27)14-21(30)25-18-4-2-1-3-16(18)23/h1-6,13H,7-12,14H2,(H,25,30)(H,26,29). The molecular formula is C21H23BrClFN4O2. The molecule has 0 unspecified atom stereocenters. The van der Waals surface area contributed by atoms with Crippen molar-refractivity contribution in [2.75, 3.05) is 49.9 Å². The van der Waals surface area contributed by atoms with Crippen molar-refractivity contribution in [2.45, 2.75) is 6.42 Å². The van der Waals surface area contributed by atoms with Crippen LogP contribution in [0.3, 0.4) is 0 Å². The van der Waals surface area contributed by atoms with E-state index in [9.17, 15) is 14.0 Å². The fourth-order valence-corrected chi connectivity index (χ4v) is 3.71. The third-order valence-corrected chi connectivity index (χ3v) is 5.66. The summed E-state index contributed by atoms with van der Waals surface area (Å²) >= 11 is 9.26. The fourth-order valence-electron chi connectivity index (χ4n) is 3.19. The van der Waals surface area contributed by atoms with Crippen molar-refractivity contribution in [1.82, 2.24) is 9.80 Å². The van der Waals surface area contributed by atoms with Crippen LogP contribution in [0.2, 0.25) is 5.02 Å². The smallest absolute Gasteiger partial charge is 0.238 e. The van der Waals surface area contributed by atoms with Crippen LogP contribution in [-0.4, -0.2) is 60.9 Å². The van der Waals surface area contributed by atoms with Gasteiger partial charge in [0, 0.05) is 43.6 Å². The van der Waals surface area contributed by atoms with E-state index < -0.39 is 5.82 Å². The number of amides is 2. The number of hydrogen-bond acceptors (Lipinski definition) is 4. The van der Waals surface area contributed by atoms with E-state index >= 15 is 0 Å². The van der Waals surface area contributed by atoms with Gasteiger partial charge in [0.25, 0.3) is 0 Å². The van der Waals surface area contributed by atoms with Crippen molar-refractivity contribution in [2.24, 2.45) is 0 Å². The minimum atomic E-state index is -0.471. The number of hydrogen-bond donors (Lipinski definition) is 2. The van der Waals surface area contributed by atoms with Gasteiger partial charge in [0.1, 0.15) is 5.82 Å². The Labute approximate surface area is 188 Å². The van der Waals surface area contributed by atoms with E-state index in [-0.39, 0.29) is 23.9 Å². The van der Waals surface area contributed by atoms with Crippen LogP contribution >= 0.6 is 27.5 Å². The summed E-state index contributed by atoms with van der Waals surface area (Å²) in [7, 11) is 0. The van der Waals surface area contributed by atoms with Crippen LogP contribution in [-0.2, 0) is 9.59 Å². The second-order valence-electron chi connectivity index (χ2n) is 7.07. The third kappa shape index (κ3) is 6.77. The molecular weight excluding hydrogens is 475 g/mol. The molecule has 2 amide bonds. The number of benzene rings is 2. The molecule has 6 nitrogen and oxygen atoms in total. The van der Waals surface area contributed by atoms with E-state index in [1.807, 2.05) is 12.1 Å². The number of halogens is 3. The van der Waals surface area contributed by atoms with Crippen molar-refractivity contribution >= 4 is 50.7 Å². The van der Waals surface area contributed by atoms with Crippen LogP contribution in [0.1, 0.15) is 6.42 Å². The highest BCUT2D eigenvalue weighted by Crippen LogP contribution is 2.21. The topological polar surface area (TPSA) is 64.7 Å². The summed E-state index contributed by atoms with van der Waals surface area (Å²) in [6.07, 6.45) is 0.280. The van der Waals surface area contributed by atoms with Gasteiger partial charge in [0.05, 0.1) is 22.9 Å². The van der Waals surface area contributed by atoms with Gasteiger partial charge in [-0.15, -0.1) is 0 Å². The summed E-state index contributed by atoms with van der Waals surface area (Å²) < 4.78 is 14.4. The molecule has 1 aliphatic heterocycles. The van der Waals surface area contributed by atoms with E-state index in [4.69, 9.17) is 11.6 Å². The number of rotatable bonds is 7. The Balaban J connectivity index is 1.36. The first-order chi connectivity index (χ1) is 14.4. The Bertz CT molecular complexity index is 906. The molecule has 0 bridgehead atoms. The summed E-state index contributed by atoms with van der Waals surface area (Å²) in [5.74, 6) is -0.799. The summed E-state index contributed by atoms with van der Waals surface area (Å²) in [6, 6.07) is 11.7. The molecule has 2 aromatic rings. The van der Waals surface area contributed by atoms with Crippen molar-refractivity contribution in [3.8, 4) is 0 Å². The first-order valence-corrected chi connectivity index (χ1v) is 10.8. The van der Waals surface area contributed by atoms with Gasteiger partial charge >= 0.3 is 0 Å². The SMILES string of the molecule is O=C(CCN1CCN(CC(=O)Nc2ccccc2Cl)CC1)Nc1ccc(Br)cc1F. The molecule has 1 saturated heterocycles. The number of nitrogens with one attached hydrogen (secondary N) is 2. The Morgan fingerprint density at radius 3 is 2.33 bits per heavy atom. The minimum Gasteiger partial charge on any atom is -0.324 e. The van der Waals surface area contributed by atoms with Gasteiger partial charge in [0.2, 0.25) is 11.8 Å². The van der Waals surface area contributed by atoms with Gasteiger partial charge < -0.3 is 15.5 Å². The van der Waals surface area contributed by atoms with Crippen LogP contribution < -0.4 is 10.6 Å². The van der Waals surface area contributed by atoms with Crippen molar-refractivity contribution in [1.29, 1.82) is 0 Å². The molecule has 0 saturated carbocycles. The summed E-state index contributed by atoms with van der Waals surface area (Å²) in [5.41, 5.74) is 0.786. The highest BCUT2D eigenvalue weighted by atomic mass is 79.9. The first-order valence-electron chi connectivity index (χ1n) is 9.65. The van der Waals surface area contributed by atoms with Crippen LogP contribution in [0.15, 0.2) is 46.9 Å². The van der Waals surface area contributed by atoms with Crippen LogP contribution in [0, 0.1) is 5.82 Å². The molecule has 0 spiro atoms. The maximum absolute atomic E-state index is 13.8. The van der Waals surface area contributed by atoms with Crippen LogP contribution in [0.5, 0.6) is 0 Å².